The molecule has 134 valence electrons. The van der Waals surface area contributed by atoms with Crippen LogP contribution in [0.4, 0.5) is 4.79 Å². The van der Waals surface area contributed by atoms with Gasteiger partial charge in [0.2, 0.25) is 0 Å². The number of ether oxygens (including phenoxy) is 2. The van der Waals surface area contributed by atoms with Gasteiger partial charge in [0, 0.05) is 10.6 Å². The normalized spacial score (nSPS) is 17.1. The first kappa shape index (κ1) is 19.3. The number of benzene rings is 1. The standard InChI is InChI=1S/C17H18ClNO5S/c1-4-23-13-7-6-12(18)8-11(13)9-14-15(20)19(17(22)25-14)10(3)16(21)24-5-2/h6-10H,4-5H2,1-3H3/b14-9+. The van der Waals surface area contributed by atoms with E-state index in [4.69, 9.17) is 21.1 Å². The molecule has 1 fully saturated rings. The van der Waals surface area contributed by atoms with Crippen LogP contribution < -0.4 is 4.74 Å². The topological polar surface area (TPSA) is 72.9 Å². The third-order valence-electron chi connectivity index (χ3n) is 3.40. The molecular formula is C17H18ClNO5S. The van der Waals surface area contributed by atoms with E-state index in [-0.39, 0.29) is 11.5 Å². The second-order valence-corrected chi connectivity index (χ2v) is 6.52. The number of halogens is 1. The first-order valence-corrected chi connectivity index (χ1v) is 8.94. The van der Waals surface area contributed by atoms with Crippen molar-refractivity contribution in [3.8, 4) is 5.75 Å². The summed E-state index contributed by atoms with van der Waals surface area (Å²) in [5, 5.41) is -0.0365. The molecule has 0 radical (unpaired) electrons. The molecule has 1 aromatic rings. The van der Waals surface area contributed by atoms with Gasteiger partial charge in [-0.05, 0) is 56.8 Å². The lowest BCUT2D eigenvalue weighted by atomic mass is 10.1. The quantitative estimate of drug-likeness (QED) is 0.550. The SMILES string of the molecule is CCOC(=O)C(C)N1C(=O)S/C(=C/c2cc(Cl)ccc2OCC)C1=O. The van der Waals surface area contributed by atoms with E-state index in [9.17, 15) is 14.4 Å². The molecule has 8 heteroatoms. The van der Waals surface area contributed by atoms with Crippen molar-refractivity contribution < 1.29 is 23.9 Å². The average molecular weight is 384 g/mol. The highest BCUT2D eigenvalue weighted by Crippen LogP contribution is 2.36. The molecule has 1 aliphatic rings. The molecule has 1 unspecified atom stereocenters. The van der Waals surface area contributed by atoms with Crippen molar-refractivity contribution in [2.75, 3.05) is 13.2 Å². The summed E-state index contributed by atoms with van der Waals surface area (Å²) in [6.45, 7) is 5.58. The molecule has 1 atom stereocenters. The minimum Gasteiger partial charge on any atom is -0.493 e. The molecule has 2 amide bonds. The zero-order valence-corrected chi connectivity index (χ0v) is 15.6. The van der Waals surface area contributed by atoms with Crippen molar-refractivity contribution in [2.24, 2.45) is 0 Å². The number of carbonyl (C=O) groups is 3. The maximum absolute atomic E-state index is 12.6. The maximum Gasteiger partial charge on any atom is 0.329 e. The van der Waals surface area contributed by atoms with Crippen molar-refractivity contribution in [3.05, 3.63) is 33.7 Å². The van der Waals surface area contributed by atoms with Gasteiger partial charge >= 0.3 is 5.97 Å². The third kappa shape index (κ3) is 4.35. The Morgan fingerprint density at radius 1 is 1.32 bits per heavy atom. The molecule has 0 spiro atoms. The fraction of sp³-hybridized carbons (Fsp3) is 0.353. The van der Waals surface area contributed by atoms with Crippen molar-refractivity contribution in [1.82, 2.24) is 4.90 Å². The smallest absolute Gasteiger partial charge is 0.329 e. The Hall–Kier alpha value is -1.99. The summed E-state index contributed by atoms with van der Waals surface area (Å²) in [6, 6.07) is 4.04. The Kier molecular flexibility index (Phi) is 6.50. The highest BCUT2D eigenvalue weighted by molar-refractivity contribution is 8.18. The van der Waals surface area contributed by atoms with E-state index in [1.165, 1.54) is 6.92 Å². The molecule has 25 heavy (non-hydrogen) atoms. The third-order valence-corrected chi connectivity index (χ3v) is 4.52. The molecule has 1 saturated heterocycles. The van der Waals surface area contributed by atoms with Gasteiger partial charge in [-0.15, -0.1) is 0 Å². The van der Waals surface area contributed by atoms with Gasteiger partial charge < -0.3 is 9.47 Å². The first-order chi connectivity index (χ1) is 11.9. The predicted octanol–water partition coefficient (Wildman–Crippen LogP) is 3.73. The number of esters is 1. The van der Waals surface area contributed by atoms with Crippen molar-refractivity contribution in [1.29, 1.82) is 0 Å². The van der Waals surface area contributed by atoms with Crippen LogP contribution in [0.2, 0.25) is 5.02 Å². The Bertz CT molecular complexity index is 734. The van der Waals surface area contributed by atoms with Gasteiger partial charge in [0.1, 0.15) is 11.8 Å². The van der Waals surface area contributed by atoms with Gasteiger partial charge in [0.25, 0.3) is 11.1 Å². The molecule has 0 saturated carbocycles. The second-order valence-electron chi connectivity index (χ2n) is 5.09. The van der Waals surface area contributed by atoms with Gasteiger partial charge in [-0.3, -0.25) is 14.5 Å². The van der Waals surface area contributed by atoms with Gasteiger partial charge in [0.05, 0.1) is 18.1 Å². The van der Waals surface area contributed by atoms with Crippen molar-refractivity contribution >= 4 is 46.6 Å². The molecule has 0 aromatic heterocycles. The molecule has 1 aromatic carbocycles. The van der Waals surface area contributed by atoms with Gasteiger partial charge in [-0.2, -0.15) is 0 Å². The number of imide groups is 1. The predicted molar refractivity (Wildman–Crippen MR) is 96.5 cm³/mol. The number of hydrogen-bond donors (Lipinski definition) is 0. The highest BCUT2D eigenvalue weighted by atomic mass is 35.5. The Balaban J connectivity index is 2.32. The first-order valence-electron chi connectivity index (χ1n) is 7.75. The summed E-state index contributed by atoms with van der Waals surface area (Å²) in [7, 11) is 0. The van der Waals surface area contributed by atoms with E-state index >= 15 is 0 Å². The lowest BCUT2D eigenvalue weighted by Gasteiger charge is -2.19. The Morgan fingerprint density at radius 3 is 2.68 bits per heavy atom. The zero-order chi connectivity index (χ0) is 18.6. The fourth-order valence-electron chi connectivity index (χ4n) is 2.24. The monoisotopic (exact) mass is 383 g/mol. The minimum absolute atomic E-state index is 0.176. The van der Waals surface area contributed by atoms with Crippen LogP contribution in [0.1, 0.15) is 26.3 Å². The Morgan fingerprint density at radius 2 is 2.04 bits per heavy atom. The van der Waals surface area contributed by atoms with Crippen LogP contribution >= 0.6 is 23.4 Å². The van der Waals surface area contributed by atoms with Crippen LogP contribution in [0.5, 0.6) is 5.75 Å². The van der Waals surface area contributed by atoms with E-state index in [0.717, 1.165) is 16.7 Å². The van der Waals surface area contributed by atoms with Crippen LogP contribution in [0, 0.1) is 0 Å². The second kappa shape index (κ2) is 8.40. The fourth-order valence-corrected chi connectivity index (χ4v) is 3.32. The number of amides is 2. The van der Waals surface area contributed by atoms with E-state index in [0.29, 0.717) is 22.9 Å². The summed E-state index contributed by atoms with van der Waals surface area (Å²) in [4.78, 5) is 37.7. The van der Waals surface area contributed by atoms with Crippen molar-refractivity contribution in [2.45, 2.75) is 26.8 Å². The minimum atomic E-state index is -0.982. The molecule has 1 heterocycles. The number of thioether (sulfide) groups is 1. The molecular weight excluding hydrogens is 366 g/mol. The van der Waals surface area contributed by atoms with Crippen LogP contribution in [0.15, 0.2) is 23.1 Å². The lowest BCUT2D eigenvalue weighted by Crippen LogP contribution is -2.42. The van der Waals surface area contributed by atoms with Crippen LogP contribution in [0.25, 0.3) is 6.08 Å². The number of nitrogens with zero attached hydrogens (tertiary/aromatic N) is 1. The highest BCUT2D eigenvalue weighted by Gasteiger charge is 2.41. The van der Waals surface area contributed by atoms with E-state index in [2.05, 4.69) is 0 Å². The summed E-state index contributed by atoms with van der Waals surface area (Å²) >= 11 is 6.77. The van der Waals surface area contributed by atoms with E-state index < -0.39 is 23.2 Å². The summed E-state index contributed by atoms with van der Waals surface area (Å²) < 4.78 is 10.4. The van der Waals surface area contributed by atoms with Gasteiger partial charge in [-0.25, -0.2) is 4.79 Å². The molecule has 0 N–H and O–H groups in total. The van der Waals surface area contributed by atoms with Crippen LogP contribution in [-0.2, 0) is 14.3 Å². The molecule has 2 rings (SSSR count). The maximum atomic E-state index is 12.6. The number of hydrogen-bond acceptors (Lipinski definition) is 6. The summed E-state index contributed by atoms with van der Waals surface area (Å²) in [5.41, 5.74) is 0.587. The van der Waals surface area contributed by atoms with Crippen LogP contribution in [0.3, 0.4) is 0 Å². The van der Waals surface area contributed by atoms with E-state index in [1.54, 1.807) is 31.2 Å². The molecule has 1 aliphatic heterocycles. The zero-order valence-electron chi connectivity index (χ0n) is 14.1. The average Bonchev–Trinajstić information content (AvgIpc) is 2.83. The van der Waals surface area contributed by atoms with Crippen molar-refractivity contribution in [3.63, 3.8) is 0 Å². The summed E-state index contributed by atoms with van der Waals surface area (Å²) in [6.07, 6.45) is 1.54. The molecule has 0 bridgehead atoms. The van der Waals surface area contributed by atoms with Gasteiger partial charge in [0.15, 0.2) is 0 Å². The van der Waals surface area contributed by atoms with E-state index in [1.807, 2.05) is 6.92 Å². The molecule has 0 aliphatic carbocycles. The number of rotatable bonds is 6. The largest absolute Gasteiger partial charge is 0.493 e. The lowest BCUT2D eigenvalue weighted by molar-refractivity contribution is -0.150. The Labute approximate surface area is 155 Å². The number of carbonyl (C=O) groups excluding carboxylic acids is 3. The van der Waals surface area contributed by atoms with Crippen LogP contribution in [-0.4, -0.2) is 41.3 Å². The van der Waals surface area contributed by atoms with Gasteiger partial charge in [-0.1, -0.05) is 11.6 Å². The summed E-state index contributed by atoms with van der Waals surface area (Å²) in [5.74, 6) is -0.612. The molecule has 6 nitrogen and oxygen atoms in total.